The highest BCUT2D eigenvalue weighted by atomic mass is 19.4. The smallest absolute Gasteiger partial charge is 0.416 e. The highest BCUT2D eigenvalue weighted by molar-refractivity contribution is 6.08. The van der Waals surface area contributed by atoms with E-state index >= 15 is 0 Å². The summed E-state index contributed by atoms with van der Waals surface area (Å²) >= 11 is 0. The Kier molecular flexibility index (Phi) is 6.76. The number of halogens is 3. The van der Waals surface area contributed by atoms with E-state index in [9.17, 15) is 27.9 Å². The number of nitrogens with one attached hydrogen (secondary N) is 1. The fraction of sp³-hybridized carbons (Fsp3) is 0.312. The molecule has 2 heterocycles. The molecule has 2 fully saturated rings. The van der Waals surface area contributed by atoms with Gasteiger partial charge in [0, 0.05) is 36.9 Å². The first-order valence-corrected chi connectivity index (χ1v) is 13.8. The van der Waals surface area contributed by atoms with E-state index in [0.29, 0.717) is 17.7 Å². The molecule has 0 atom stereocenters. The van der Waals surface area contributed by atoms with Crippen LogP contribution in [0.2, 0.25) is 0 Å². The predicted octanol–water partition coefficient (Wildman–Crippen LogP) is 6.82. The van der Waals surface area contributed by atoms with Crippen molar-refractivity contribution in [2.75, 3.05) is 18.0 Å². The third-order valence-electron chi connectivity index (χ3n) is 8.23. The Hall–Kier alpha value is -4.27. The minimum absolute atomic E-state index is 0.188. The fourth-order valence-corrected chi connectivity index (χ4v) is 5.80. The molecule has 1 aliphatic carbocycles. The molecule has 1 aliphatic heterocycles. The van der Waals surface area contributed by atoms with Crippen LogP contribution in [0.1, 0.15) is 69.5 Å². The molecule has 6 nitrogen and oxygen atoms in total. The Morgan fingerprint density at radius 3 is 2.20 bits per heavy atom. The van der Waals surface area contributed by atoms with E-state index in [-0.39, 0.29) is 11.5 Å². The van der Waals surface area contributed by atoms with Crippen molar-refractivity contribution in [2.45, 2.75) is 50.4 Å². The van der Waals surface area contributed by atoms with Crippen molar-refractivity contribution in [3.05, 3.63) is 101 Å². The zero-order valence-corrected chi connectivity index (χ0v) is 22.4. The van der Waals surface area contributed by atoms with Crippen molar-refractivity contribution >= 4 is 28.5 Å². The normalized spacial score (nSPS) is 16.5. The monoisotopic (exact) mass is 561 g/mol. The van der Waals surface area contributed by atoms with Gasteiger partial charge in [0.1, 0.15) is 0 Å². The maximum atomic E-state index is 14.0. The number of anilines is 1. The van der Waals surface area contributed by atoms with E-state index in [0.717, 1.165) is 73.1 Å². The summed E-state index contributed by atoms with van der Waals surface area (Å²) in [7, 11) is 0. The van der Waals surface area contributed by atoms with Gasteiger partial charge in [-0.1, -0.05) is 24.3 Å². The number of carboxylic acid groups (broad SMARTS) is 1. The van der Waals surface area contributed by atoms with Crippen LogP contribution in [-0.2, 0) is 18.3 Å². The van der Waals surface area contributed by atoms with Crippen molar-refractivity contribution in [1.82, 2.24) is 9.88 Å². The summed E-state index contributed by atoms with van der Waals surface area (Å²) in [6.07, 6.45) is 2.31. The van der Waals surface area contributed by atoms with E-state index in [2.05, 4.69) is 16.3 Å². The molecule has 2 N–H and O–H groups in total. The van der Waals surface area contributed by atoms with Crippen molar-refractivity contribution < 1.29 is 27.9 Å². The maximum absolute atomic E-state index is 14.0. The topological polar surface area (TPSA) is 74.6 Å². The molecule has 4 aromatic rings. The largest absolute Gasteiger partial charge is 0.478 e. The standard InChI is InChI=1S/C32H30F3N3O3/c33-32(34,35)25-8-4-21(5-9-25)20-38-17-12-23-18-26(37-15-2-1-3-16-37)19-27(28(23)38)29(39)36-31(13-14-31)24-10-6-22(7-11-24)30(40)41/h4-12,17-19H,1-3,13-16,20H2,(H,36,39)(H,40,41). The van der Waals surface area contributed by atoms with Gasteiger partial charge in [0.25, 0.3) is 5.91 Å². The highest BCUT2D eigenvalue weighted by Gasteiger charge is 2.46. The summed E-state index contributed by atoms with van der Waals surface area (Å²) < 4.78 is 41.1. The Bertz CT molecular complexity index is 1600. The van der Waals surface area contributed by atoms with Crippen molar-refractivity contribution in [1.29, 1.82) is 0 Å². The van der Waals surface area contributed by atoms with Gasteiger partial charge in [-0.05, 0) is 85.7 Å². The SMILES string of the molecule is O=C(O)c1ccc(C2(NC(=O)c3cc(N4CCCCC4)cc4ccn(Cc5ccc(C(F)(F)F)cc5)c34)CC2)cc1. The number of piperidine rings is 1. The molecule has 1 saturated carbocycles. The Morgan fingerprint density at radius 1 is 0.902 bits per heavy atom. The van der Waals surface area contributed by atoms with Crippen LogP contribution in [0.15, 0.2) is 72.9 Å². The molecule has 1 amide bonds. The van der Waals surface area contributed by atoms with Crippen LogP contribution < -0.4 is 10.2 Å². The van der Waals surface area contributed by atoms with Gasteiger partial charge in [0.15, 0.2) is 0 Å². The number of benzene rings is 3. The number of alkyl halides is 3. The Balaban J connectivity index is 1.35. The molecule has 6 rings (SSSR count). The first kappa shape index (κ1) is 26.9. The zero-order chi connectivity index (χ0) is 28.8. The second kappa shape index (κ2) is 10.3. The average molecular weight is 562 g/mol. The van der Waals surface area contributed by atoms with Crippen LogP contribution >= 0.6 is 0 Å². The minimum atomic E-state index is -4.40. The highest BCUT2D eigenvalue weighted by Crippen LogP contribution is 2.46. The van der Waals surface area contributed by atoms with E-state index in [4.69, 9.17) is 0 Å². The first-order valence-electron chi connectivity index (χ1n) is 13.8. The number of carbonyl (C=O) groups is 2. The molecular formula is C32H30F3N3O3. The molecule has 0 bridgehead atoms. The number of fused-ring (bicyclic) bond motifs is 1. The van der Waals surface area contributed by atoms with Gasteiger partial charge in [-0.25, -0.2) is 4.79 Å². The van der Waals surface area contributed by atoms with Gasteiger partial charge < -0.3 is 19.9 Å². The average Bonchev–Trinajstić information content (AvgIpc) is 3.64. The van der Waals surface area contributed by atoms with Crippen LogP contribution in [-0.4, -0.2) is 34.6 Å². The van der Waals surface area contributed by atoms with Gasteiger partial charge in [-0.15, -0.1) is 0 Å². The molecule has 0 radical (unpaired) electrons. The number of amides is 1. The van der Waals surface area contributed by atoms with Gasteiger partial charge in [-0.3, -0.25) is 4.79 Å². The lowest BCUT2D eigenvalue weighted by molar-refractivity contribution is -0.137. The summed E-state index contributed by atoms with van der Waals surface area (Å²) in [4.78, 5) is 27.6. The maximum Gasteiger partial charge on any atom is 0.416 e. The van der Waals surface area contributed by atoms with Crippen LogP contribution in [0.25, 0.3) is 10.9 Å². The number of nitrogens with zero attached hydrogens (tertiary/aromatic N) is 2. The van der Waals surface area contributed by atoms with E-state index in [1.165, 1.54) is 18.6 Å². The summed E-state index contributed by atoms with van der Waals surface area (Å²) in [5.74, 6) is -1.24. The van der Waals surface area contributed by atoms with Crippen molar-refractivity contribution in [3.63, 3.8) is 0 Å². The molecular weight excluding hydrogens is 531 g/mol. The molecule has 1 saturated heterocycles. The number of aromatic carboxylic acids is 1. The minimum Gasteiger partial charge on any atom is -0.478 e. The first-order chi connectivity index (χ1) is 19.6. The Morgan fingerprint density at radius 2 is 1.59 bits per heavy atom. The number of hydrogen-bond acceptors (Lipinski definition) is 3. The van der Waals surface area contributed by atoms with Crippen LogP contribution in [0.4, 0.5) is 18.9 Å². The van der Waals surface area contributed by atoms with Gasteiger partial charge in [0.2, 0.25) is 0 Å². The molecule has 41 heavy (non-hydrogen) atoms. The zero-order valence-electron chi connectivity index (χ0n) is 22.4. The summed E-state index contributed by atoms with van der Waals surface area (Å²) in [6, 6.07) is 17.7. The lowest BCUT2D eigenvalue weighted by atomic mass is 10.0. The van der Waals surface area contributed by atoms with Gasteiger partial charge in [0.05, 0.1) is 27.7 Å². The van der Waals surface area contributed by atoms with Gasteiger partial charge >= 0.3 is 12.1 Å². The summed E-state index contributed by atoms with van der Waals surface area (Å²) in [6.45, 7) is 2.14. The van der Waals surface area contributed by atoms with E-state index in [1.54, 1.807) is 24.3 Å². The number of aromatic nitrogens is 1. The van der Waals surface area contributed by atoms with Crippen LogP contribution in [0, 0.1) is 0 Å². The summed E-state index contributed by atoms with van der Waals surface area (Å²) in [5.41, 5.74) is 2.69. The van der Waals surface area contributed by atoms with Crippen LogP contribution in [0.3, 0.4) is 0 Å². The number of carboxylic acids is 1. The summed E-state index contributed by atoms with van der Waals surface area (Å²) in [5, 5.41) is 13.4. The van der Waals surface area contributed by atoms with Crippen molar-refractivity contribution in [2.24, 2.45) is 0 Å². The number of carbonyl (C=O) groups excluding carboxylic acids is 1. The van der Waals surface area contributed by atoms with Crippen molar-refractivity contribution in [3.8, 4) is 0 Å². The fourth-order valence-electron chi connectivity index (χ4n) is 5.80. The van der Waals surface area contributed by atoms with E-state index in [1.807, 2.05) is 22.9 Å². The molecule has 0 spiro atoms. The molecule has 212 valence electrons. The third-order valence-corrected chi connectivity index (χ3v) is 8.23. The number of rotatable bonds is 7. The second-order valence-electron chi connectivity index (χ2n) is 11.0. The lowest BCUT2D eigenvalue weighted by Gasteiger charge is -2.29. The molecule has 3 aromatic carbocycles. The lowest BCUT2D eigenvalue weighted by Crippen LogP contribution is -2.35. The Labute approximate surface area is 235 Å². The quantitative estimate of drug-likeness (QED) is 0.260. The van der Waals surface area contributed by atoms with Crippen LogP contribution in [0.5, 0.6) is 0 Å². The molecule has 0 unspecified atom stereocenters. The third kappa shape index (κ3) is 5.40. The van der Waals surface area contributed by atoms with E-state index < -0.39 is 23.2 Å². The molecule has 2 aliphatic rings. The predicted molar refractivity (Wildman–Crippen MR) is 150 cm³/mol. The van der Waals surface area contributed by atoms with Gasteiger partial charge in [-0.2, -0.15) is 13.2 Å². The molecule has 1 aromatic heterocycles. The second-order valence-corrected chi connectivity index (χ2v) is 11.0. The number of hydrogen-bond donors (Lipinski definition) is 2. The molecule has 9 heteroatoms.